The molecule has 0 spiro atoms. The molecule has 6 nitrogen and oxygen atoms in total. The minimum absolute atomic E-state index is 0.0849. The number of hydrogen-bond donors (Lipinski definition) is 1. The Balaban J connectivity index is 1.60. The molecule has 1 atom stereocenters. The van der Waals surface area contributed by atoms with Gasteiger partial charge >= 0.3 is 5.97 Å². The number of carbonyl (C=O) groups excluding carboxylic acids is 3. The maximum Gasteiger partial charge on any atom is 0.338 e. The summed E-state index contributed by atoms with van der Waals surface area (Å²) in [5.74, 6) is -0.794. The molecule has 1 aromatic carbocycles. The van der Waals surface area contributed by atoms with E-state index in [0.29, 0.717) is 11.3 Å². The lowest BCUT2D eigenvalue weighted by atomic mass is 10.1. The van der Waals surface area contributed by atoms with Crippen molar-refractivity contribution in [2.75, 3.05) is 25.0 Å². The Labute approximate surface area is 144 Å². The SMILES string of the molecule is CC1Sc2ccc(C(=O)OCC(=O)N3CCCCC3)cc2NC1=O. The summed E-state index contributed by atoms with van der Waals surface area (Å²) in [4.78, 5) is 38.6. The Morgan fingerprint density at radius 3 is 2.79 bits per heavy atom. The van der Waals surface area contributed by atoms with Crippen molar-refractivity contribution in [3.63, 3.8) is 0 Å². The first-order valence-corrected chi connectivity index (χ1v) is 8.99. The van der Waals surface area contributed by atoms with Crippen LogP contribution >= 0.6 is 11.8 Å². The summed E-state index contributed by atoms with van der Waals surface area (Å²) in [5, 5.41) is 2.62. The zero-order valence-corrected chi connectivity index (χ0v) is 14.4. The number of hydrogen-bond acceptors (Lipinski definition) is 5. The Morgan fingerprint density at radius 1 is 1.29 bits per heavy atom. The van der Waals surface area contributed by atoms with Crippen LogP contribution < -0.4 is 5.32 Å². The number of nitrogens with one attached hydrogen (secondary N) is 1. The number of benzene rings is 1. The van der Waals surface area contributed by atoms with Gasteiger partial charge in [-0.15, -0.1) is 11.8 Å². The third kappa shape index (κ3) is 3.72. The molecule has 2 heterocycles. The van der Waals surface area contributed by atoms with E-state index in [1.165, 1.54) is 11.8 Å². The molecule has 1 fully saturated rings. The van der Waals surface area contributed by atoms with Crippen molar-refractivity contribution in [2.45, 2.75) is 36.3 Å². The van der Waals surface area contributed by atoms with Gasteiger partial charge in [0.1, 0.15) is 0 Å². The molecule has 128 valence electrons. The van der Waals surface area contributed by atoms with Crippen molar-refractivity contribution in [1.29, 1.82) is 0 Å². The summed E-state index contributed by atoms with van der Waals surface area (Å²) in [5.41, 5.74) is 0.940. The van der Waals surface area contributed by atoms with E-state index in [1.807, 2.05) is 6.92 Å². The number of rotatable bonds is 3. The molecule has 1 N–H and O–H groups in total. The lowest BCUT2D eigenvalue weighted by molar-refractivity contribution is -0.135. The third-order valence-corrected chi connectivity index (χ3v) is 5.36. The van der Waals surface area contributed by atoms with Crippen LogP contribution in [0.4, 0.5) is 5.69 Å². The molecule has 2 aliphatic rings. The highest BCUT2D eigenvalue weighted by molar-refractivity contribution is 8.00. The minimum Gasteiger partial charge on any atom is -0.452 e. The summed E-state index contributed by atoms with van der Waals surface area (Å²) in [6.07, 6.45) is 3.14. The number of nitrogens with zero attached hydrogens (tertiary/aromatic N) is 1. The van der Waals surface area contributed by atoms with E-state index in [0.717, 1.165) is 37.2 Å². The largest absolute Gasteiger partial charge is 0.452 e. The van der Waals surface area contributed by atoms with Crippen LogP contribution in [0.2, 0.25) is 0 Å². The van der Waals surface area contributed by atoms with Crippen LogP contribution in [0.25, 0.3) is 0 Å². The number of amides is 2. The smallest absolute Gasteiger partial charge is 0.338 e. The number of carbonyl (C=O) groups is 3. The first-order valence-electron chi connectivity index (χ1n) is 8.11. The highest BCUT2D eigenvalue weighted by atomic mass is 32.2. The highest BCUT2D eigenvalue weighted by Crippen LogP contribution is 2.36. The molecule has 0 bridgehead atoms. The van der Waals surface area contributed by atoms with Crippen LogP contribution in [0, 0.1) is 0 Å². The van der Waals surface area contributed by atoms with Gasteiger partial charge in [-0.05, 0) is 44.4 Å². The second-order valence-electron chi connectivity index (χ2n) is 5.98. The zero-order valence-electron chi connectivity index (χ0n) is 13.5. The standard InChI is InChI=1S/C17H20N2O4S/c1-11-16(21)18-13-9-12(5-6-14(13)24-11)17(22)23-10-15(20)19-7-3-2-4-8-19/h5-6,9,11H,2-4,7-8,10H2,1H3,(H,18,21). The molecule has 24 heavy (non-hydrogen) atoms. The molecule has 0 aliphatic carbocycles. The van der Waals surface area contributed by atoms with E-state index in [-0.39, 0.29) is 23.7 Å². The average molecular weight is 348 g/mol. The van der Waals surface area contributed by atoms with E-state index in [1.54, 1.807) is 23.1 Å². The molecule has 7 heteroatoms. The fourth-order valence-electron chi connectivity index (χ4n) is 2.78. The second-order valence-corrected chi connectivity index (χ2v) is 7.36. The summed E-state index contributed by atoms with van der Waals surface area (Å²) >= 11 is 1.45. The van der Waals surface area contributed by atoms with Gasteiger partial charge < -0.3 is 15.0 Å². The summed E-state index contributed by atoms with van der Waals surface area (Å²) in [6, 6.07) is 5.04. The highest BCUT2D eigenvalue weighted by Gasteiger charge is 2.24. The van der Waals surface area contributed by atoms with E-state index < -0.39 is 5.97 Å². The fraction of sp³-hybridized carbons (Fsp3) is 0.471. The summed E-state index contributed by atoms with van der Waals surface area (Å²) < 4.78 is 5.13. The first kappa shape index (κ1) is 16.8. The van der Waals surface area contributed by atoms with Crippen molar-refractivity contribution in [1.82, 2.24) is 4.90 Å². The van der Waals surface area contributed by atoms with Crippen molar-refractivity contribution in [3.8, 4) is 0 Å². The van der Waals surface area contributed by atoms with Crippen LogP contribution in [0.1, 0.15) is 36.5 Å². The zero-order chi connectivity index (χ0) is 17.1. The maximum atomic E-state index is 12.2. The van der Waals surface area contributed by atoms with Crippen LogP contribution in [0.15, 0.2) is 23.1 Å². The van der Waals surface area contributed by atoms with Gasteiger partial charge in [0.25, 0.3) is 5.91 Å². The quantitative estimate of drug-likeness (QED) is 0.848. The van der Waals surface area contributed by atoms with Gasteiger partial charge in [-0.3, -0.25) is 9.59 Å². The number of ether oxygens (including phenoxy) is 1. The van der Waals surface area contributed by atoms with Crippen molar-refractivity contribution in [3.05, 3.63) is 23.8 Å². The average Bonchev–Trinajstić information content (AvgIpc) is 2.60. The molecule has 2 amide bonds. The molecule has 1 aromatic rings. The number of likely N-dealkylation sites (tertiary alicyclic amines) is 1. The van der Waals surface area contributed by atoms with Gasteiger partial charge in [-0.25, -0.2) is 4.79 Å². The van der Waals surface area contributed by atoms with Gasteiger partial charge in [0.05, 0.1) is 16.5 Å². The summed E-state index contributed by atoms with van der Waals surface area (Å²) in [6.45, 7) is 3.05. The van der Waals surface area contributed by atoms with Gasteiger partial charge in [0.2, 0.25) is 5.91 Å². The van der Waals surface area contributed by atoms with Gasteiger partial charge in [-0.2, -0.15) is 0 Å². The number of esters is 1. The van der Waals surface area contributed by atoms with E-state index >= 15 is 0 Å². The summed E-state index contributed by atoms with van der Waals surface area (Å²) in [7, 11) is 0. The minimum atomic E-state index is -0.555. The van der Waals surface area contributed by atoms with Crippen LogP contribution in [-0.4, -0.2) is 47.6 Å². The number of anilines is 1. The fourth-order valence-corrected chi connectivity index (χ4v) is 3.71. The lowest BCUT2D eigenvalue weighted by Gasteiger charge is -2.26. The number of thioether (sulfide) groups is 1. The molecule has 2 aliphatic heterocycles. The molecule has 1 saturated heterocycles. The maximum absolute atomic E-state index is 12.2. The van der Waals surface area contributed by atoms with Crippen LogP contribution in [0.5, 0.6) is 0 Å². The Hall–Kier alpha value is -2.02. The van der Waals surface area contributed by atoms with Crippen LogP contribution in [-0.2, 0) is 14.3 Å². The van der Waals surface area contributed by atoms with Gasteiger partial charge in [0.15, 0.2) is 6.61 Å². The predicted octanol–water partition coefficient (Wildman–Crippen LogP) is 2.29. The Morgan fingerprint density at radius 2 is 2.04 bits per heavy atom. The Kier molecular flexibility index (Phi) is 5.08. The normalized spacial score (nSPS) is 20.1. The van der Waals surface area contributed by atoms with Crippen molar-refractivity contribution in [2.24, 2.45) is 0 Å². The molecular formula is C17H20N2O4S. The van der Waals surface area contributed by atoms with Crippen molar-refractivity contribution >= 4 is 35.2 Å². The molecule has 1 unspecified atom stereocenters. The van der Waals surface area contributed by atoms with Crippen LogP contribution in [0.3, 0.4) is 0 Å². The van der Waals surface area contributed by atoms with E-state index in [2.05, 4.69) is 5.32 Å². The molecule has 0 saturated carbocycles. The topological polar surface area (TPSA) is 75.7 Å². The molecule has 0 radical (unpaired) electrons. The van der Waals surface area contributed by atoms with Gasteiger partial charge in [-0.1, -0.05) is 0 Å². The van der Waals surface area contributed by atoms with Crippen molar-refractivity contribution < 1.29 is 19.1 Å². The molecule has 0 aromatic heterocycles. The van der Waals surface area contributed by atoms with E-state index in [4.69, 9.17) is 4.74 Å². The lowest BCUT2D eigenvalue weighted by Crippen LogP contribution is -2.38. The Bertz CT molecular complexity index is 671. The number of piperidine rings is 1. The predicted molar refractivity (Wildman–Crippen MR) is 91.1 cm³/mol. The molecule has 3 rings (SSSR count). The first-order chi connectivity index (χ1) is 11.5. The van der Waals surface area contributed by atoms with E-state index in [9.17, 15) is 14.4 Å². The third-order valence-electron chi connectivity index (χ3n) is 4.18. The monoisotopic (exact) mass is 348 g/mol. The second kappa shape index (κ2) is 7.25. The molecular weight excluding hydrogens is 328 g/mol. The van der Waals surface area contributed by atoms with Gasteiger partial charge in [0, 0.05) is 18.0 Å². The number of fused-ring (bicyclic) bond motifs is 1.